The number of fused-ring (bicyclic) bond motifs is 1. The van der Waals surface area contributed by atoms with Crippen LogP contribution in [0.1, 0.15) is 58.8 Å². The molecule has 0 saturated heterocycles. The lowest BCUT2D eigenvalue weighted by atomic mass is 10.0. The molecule has 0 aliphatic heterocycles. The predicted octanol–water partition coefficient (Wildman–Crippen LogP) is 6.67. The van der Waals surface area contributed by atoms with E-state index in [1.54, 1.807) is 36.6 Å². The highest BCUT2D eigenvalue weighted by atomic mass is 32.2. The molecule has 1 amide bonds. The molecule has 4 aromatic rings. The van der Waals surface area contributed by atoms with Gasteiger partial charge in [0.1, 0.15) is 27.9 Å². The van der Waals surface area contributed by atoms with Gasteiger partial charge in [0.2, 0.25) is 5.91 Å². The molecular formula is C38H32FN3O9S2. The number of nitrogens with zero attached hydrogens (tertiary/aromatic N) is 1. The van der Waals surface area contributed by atoms with Crippen molar-refractivity contribution in [2.45, 2.75) is 31.1 Å². The van der Waals surface area contributed by atoms with Gasteiger partial charge in [0.05, 0.1) is 13.0 Å². The van der Waals surface area contributed by atoms with Crippen LogP contribution in [0.5, 0.6) is 11.5 Å². The van der Waals surface area contributed by atoms with Gasteiger partial charge in [0.25, 0.3) is 5.09 Å². The maximum Gasteiger partial charge on any atom is 0.347 e. The molecule has 4 aromatic carbocycles. The molecule has 0 bridgehead atoms. The van der Waals surface area contributed by atoms with Gasteiger partial charge in [0, 0.05) is 39.6 Å². The van der Waals surface area contributed by atoms with Crippen LogP contribution in [0.2, 0.25) is 0 Å². The molecule has 3 N–H and O–H groups in total. The van der Waals surface area contributed by atoms with Gasteiger partial charge >= 0.3 is 11.9 Å². The van der Waals surface area contributed by atoms with Crippen molar-refractivity contribution in [3.05, 3.63) is 134 Å². The summed E-state index contributed by atoms with van der Waals surface area (Å²) < 4.78 is 37.3. The van der Waals surface area contributed by atoms with Crippen LogP contribution in [0.25, 0.3) is 17.2 Å². The first-order valence-electron chi connectivity index (χ1n) is 16.0. The molecule has 53 heavy (non-hydrogen) atoms. The lowest BCUT2D eigenvalue weighted by molar-refractivity contribution is -0.757. The normalized spacial score (nSPS) is 13.2. The number of halogens is 1. The van der Waals surface area contributed by atoms with Crippen molar-refractivity contribution in [1.29, 1.82) is 0 Å². The molecule has 0 spiro atoms. The van der Waals surface area contributed by atoms with E-state index in [2.05, 4.69) is 10.2 Å². The van der Waals surface area contributed by atoms with Crippen LogP contribution in [0, 0.1) is 15.9 Å². The monoisotopic (exact) mass is 757 g/mol. The van der Waals surface area contributed by atoms with Crippen molar-refractivity contribution >= 4 is 68.8 Å². The number of benzene rings is 4. The van der Waals surface area contributed by atoms with Gasteiger partial charge < -0.3 is 25.4 Å². The largest absolute Gasteiger partial charge is 0.426 e. The van der Waals surface area contributed by atoms with E-state index >= 15 is 0 Å². The van der Waals surface area contributed by atoms with Crippen molar-refractivity contribution in [2.24, 2.45) is 5.73 Å². The Morgan fingerprint density at radius 3 is 2.36 bits per heavy atom. The summed E-state index contributed by atoms with van der Waals surface area (Å²) in [5, 5.41) is 12.2. The molecule has 5 rings (SSSR count). The molecule has 0 heterocycles. The Morgan fingerprint density at radius 1 is 0.981 bits per heavy atom. The average molecular weight is 758 g/mol. The Balaban J connectivity index is 1.39. The summed E-state index contributed by atoms with van der Waals surface area (Å²) in [5.74, 6) is -2.71. The van der Waals surface area contributed by atoms with Crippen molar-refractivity contribution in [3.8, 4) is 11.5 Å². The van der Waals surface area contributed by atoms with Crippen molar-refractivity contribution < 1.29 is 42.4 Å². The quantitative estimate of drug-likeness (QED) is 0.0351. The molecule has 15 heteroatoms. The van der Waals surface area contributed by atoms with E-state index in [1.165, 1.54) is 42.5 Å². The van der Waals surface area contributed by atoms with Crippen LogP contribution in [0.4, 0.5) is 10.1 Å². The number of carbonyl (C=O) groups is 3. The Labute approximate surface area is 311 Å². The molecule has 0 saturated carbocycles. The number of ether oxygens (including phenoxy) is 2. The fourth-order valence-corrected chi connectivity index (χ4v) is 6.16. The number of hydrogen-bond donors (Lipinski definition) is 2. The third kappa shape index (κ3) is 9.84. The standard InChI is InChI=1S/C38H32FN3O9S2/c1-22-30(18-23-5-13-28(14-6-23)53(2)48)29-15-9-25(39)19-32(29)31(22)21-35(43)41-26-10-16-34(51-36(44)4-3-17-49-42(46)47)33(20-26)38(45)50-27-11-7-24(8-12-27)37(40)52/h5-16,18-20H,3-4,17,21H2,1-2H3,(H2,40,52)(H,41,43)/b30-18-. The highest BCUT2D eigenvalue weighted by molar-refractivity contribution is 7.84. The second-order valence-electron chi connectivity index (χ2n) is 11.7. The van der Waals surface area contributed by atoms with Gasteiger partial charge in [-0.15, -0.1) is 10.1 Å². The predicted molar refractivity (Wildman–Crippen MR) is 200 cm³/mol. The van der Waals surface area contributed by atoms with Gasteiger partial charge in [-0.3, -0.25) is 13.8 Å². The van der Waals surface area contributed by atoms with E-state index in [4.69, 9.17) is 27.4 Å². The molecule has 1 atom stereocenters. The first-order chi connectivity index (χ1) is 25.3. The van der Waals surface area contributed by atoms with Crippen LogP contribution in [-0.4, -0.2) is 45.0 Å². The highest BCUT2D eigenvalue weighted by Gasteiger charge is 2.26. The summed E-state index contributed by atoms with van der Waals surface area (Å²) in [6, 6.07) is 21.7. The van der Waals surface area contributed by atoms with Gasteiger partial charge in [-0.1, -0.05) is 30.4 Å². The van der Waals surface area contributed by atoms with Gasteiger partial charge in [-0.05, 0) is 120 Å². The fourth-order valence-electron chi connectivity index (χ4n) is 5.50. The van der Waals surface area contributed by atoms with Crippen LogP contribution in [-0.2, 0) is 25.2 Å². The SMILES string of the molecule is CC1=C(CC(=O)Nc2ccc(OC(=O)CCCO[N+](=O)[O-])c(C(=O)Oc3ccc(C(N)=S)cc3)c2)c2cc(F)ccc2/C1=C\c1ccc(S(C)=O)cc1. The summed E-state index contributed by atoms with van der Waals surface area (Å²) in [5.41, 5.74) is 10.5. The fraction of sp³-hybridized carbons (Fsp3) is 0.158. The number of esters is 2. The van der Waals surface area contributed by atoms with E-state index in [-0.39, 0.29) is 53.6 Å². The first-order valence-corrected chi connectivity index (χ1v) is 17.9. The van der Waals surface area contributed by atoms with E-state index < -0.39 is 39.5 Å². The number of allylic oxidation sites excluding steroid dienone is 2. The third-order valence-electron chi connectivity index (χ3n) is 8.09. The molecule has 0 aromatic heterocycles. The van der Waals surface area contributed by atoms with Gasteiger partial charge in [-0.25, -0.2) is 9.18 Å². The Hall–Kier alpha value is -6.06. The maximum atomic E-state index is 14.5. The Kier molecular flexibility index (Phi) is 12.2. The average Bonchev–Trinajstić information content (AvgIpc) is 3.36. The third-order valence-corrected chi connectivity index (χ3v) is 9.26. The zero-order valence-electron chi connectivity index (χ0n) is 28.4. The number of thiocarbonyl (C=S) groups is 1. The number of rotatable bonds is 14. The summed E-state index contributed by atoms with van der Waals surface area (Å²) in [6.45, 7) is 1.51. The summed E-state index contributed by atoms with van der Waals surface area (Å²) in [7, 11) is -1.13. The van der Waals surface area contributed by atoms with Crippen molar-refractivity contribution in [1.82, 2.24) is 0 Å². The van der Waals surface area contributed by atoms with E-state index in [1.807, 2.05) is 25.1 Å². The minimum absolute atomic E-state index is 0.0183. The van der Waals surface area contributed by atoms with Crippen molar-refractivity contribution in [2.75, 3.05) is 18.2 Å². The molecule has 0 fully saturated rings. The molecule has 1 unspecified atom stereocenters. The second kappa shape index (κ2) is 17.0. The maximum absolute atomic E-state index is 14.5. The van der Waals surface area contributed by atoms with Crippen molar-refractivity contribution in [3.63, 3.8) is 0 Å². The Bertz CT molecular complexity index is 2200. The van der Waals surface area contributed by atoms with Crippen LogP contribution < -0.4 is 20.5 Å². The van der Waals surface area contributed by atoms with Gasteiger partial charge in [-0.2, -0.15) is 0 Å². The van der Waals surface area contributed by atoms with E-state index in [0.29, 0.717) is 21.6 Å². The number of nitrogens with one attached hydrogen (secondary N) is 1. The molecule has 0 radical (unpaired) electrons. The van der Waals surface area contributed by atoms with Crippen LogP contribution >= 0.6 is 12.2 Å². The second-order valence-corrected chi connectivity index (χ2v) is 13.5. The minimum Gasteiger partial charge on any atom is -0.426 e. The topological polar surface area (TPSA) is 177 Å². The lowest BCUT2D eigenvalue weighted by Gasteiger charge is -2.13. The van der Waals surface area contributed by atoms with E-state index in [9.17, 15) is 33.1 Å². The van der Waals surface area contributed by atoms with E-state index in [0.717, 1.165) is 22.3 Å². The van der Waals surface area contributed by atoms with Crippen LogP contribution in [0.15, 0.2) is 95.4 Å². The molecule has 1 aliphatic rings. The summed E-state index contributed by atoms with van der Waals surface area (Å²) >= 11 is 4.96. The number of nitrogens with two attached hydrogens (primary N) is 1. The number of anilines is 1. The summed E-state index contributed by atoms with van der Waals surface area (Å²) in [6.07, 6.45) is 3.10. The minimum atomic E-state index is -1.13. The number of hydrogen-bond acceptors (Lipinski definition) is 10. The lowest BCUT2D eigenvalue weighted by Crippen LogP contribution is -2.17. The molecular weight excluding hydrogens is 726 g/mol. The Morgan fingerprint density at radius 2 is 1.70 bits per heavy atom. The number of carbonyl (C=O) groups excluding carboxylic acids is 3. The molecule has 272 valence electrons. The highest BCUT2D eigenvalue weighted by Crippen LogP contribution is 2.44. The van der Waals surface area contributed by atoms with Crippen LogP contribution in [0.3, 0.4) is 0 Å². The number of amides is 1. The zero-order chi connectivity index (χ0) is 38.2. The molecule has 12 nitrogen and oxygen atoms in total. The summed E-state index contributed by atoms with van der Waals surface area (Å²) in [4.78, 5) is 54.9. The smallest absolute Gasteiger partial charge is 0.347 e. The zero-order valence-corrected chi connectivity index (χ0v) is 30.0. The molecule has 1 aliphatic carbocycles. The first kappa shape index (κ1) is 38.2. The van der Waals surface area contributed by atoms with Gasteiger partial charge in [0.15, 0.2) is 0 Å².